The molecule has 2 rings (SSSR count). The minimum atomic E-state index is -3.70. The number of sulfonamides is 1. The van der Waals surface area contributed by atoms with Gasteiger partial charge in [0.25, 0.3) is 0 Å². The van der Waals surface area contributed by atoms with Gasteiger partial charge in [-0.1, -0.05) is 0 Å². The minimum Gasteiger partial charge on any atom is -0.478 e. The van der Waals surface area contributed by atoms with Crippen LogP contribution >= 0.6 is 15.9 Å². The van der Waals surface area contributed by atoms with Gasteiger partial charge in [0.2, 0.25) is 10.0 Å². The molecular weight excluding hydrogens is 362 g/mol. The van der Waals surface area contributed by atoms with Gasteiger partial charge in [0.05, 0.1) is 16.1 Å². The Morgan fingerprint density at radius 2 is 1.90 bits per heavy atom. The third-order valence-corrected chi connectivity index (χ3v) is 6.47. The molecule has 1 saturated heterocycles. The van der Waals surface area contributed by atoms with E-state index in [9.17, 15) is 18.3 Å². The third-order valence-electron chi connectivity index (χ3n) is 3.60. The number of aromatic carboxylic acids is 1. The quantitative estimate of drug-likeness (QED) is 0.835. The van der Waals surface area contributed by atoms with E-state index in [1.807, 2.05) is 0 Å². The highest BCUT2D eigenvalue weighted by molar-refractivity contribution is 9.10. The number of rotatable bonds is 3. The van der Waals surface area contributed by atoms with E-state index in [0.717, 1.165) is 0 Å². The molecule has 0 radical (unpaired) electrons. The number of carboxylic acid groups (broad SMARTS) is 1. The number of aliphatic hydroxyl groups is 1. The maximum Gasteiger partial charge on any atom is 0.335 e. The number of nitrogens with zero attached hydrogens (tertiary/aromatic N) is 1. The van der Waals surface area contributed by atoms with Crippen LogP contribution in [-0.4, -0.2) is 47.6 Å². The maximum atomic E-state index is 12.6. The second kappa shape index (κ2) is 5.68. The number of carboxylic acids is 1. The van der Waals surface area contributed by atoms with E-state index < -0.39 is 21.6 Å². The Morgan fingerprint density at radius 1 is 1.33 bits per heavy atom. The Labute approximate surface area is 131 Å². The van der Waals surface area contributed by atoms with Gasteiger partial charge in [0.15, 0.2) is 0 Å². The van der Waals surface area contributed by atoms with E-state index in [1.54, 1.807) is 6.92 Å². The molecule has 116 valence electrons. The summed E-state index contributed by atoms with van der Waals surface area (Å²) in [6, 6.07) is 3.82. The van der Waals surface area contributed by atoms with Gasteiger partial charge in [0, 0.05) is 17.6 Å². The van der Waals surface area contributed by atoms with Crippen LogP contribution in [0.5, 0.6) is 0 Å². The molecule has 0 bridgehead atoms. The molecule has 1 aliphatic rings. The van der Waals surface area contributed by atoms with Crippen molar-refractivity contribution in [3.63, 3.8) is 0 Å². The largest absolute Gasteiger partial charge is 0.478 e. The summed E-state index contributed by atoms with van der Waals surface area (Å²) in [4.78, 5) is 10.9. The predicted octanol–water partition coefficient (Wildman–Crippen LogP) is 1.68. The first-order chi connectivity index (χ1) is 9.63. The zero-order chi connectivity index (χ0) is 15.8. The van der Waals surface area contributed by atoms with Crippen molar-refractivity contribution in [2.45, 2.75) is 30.3 Å². The number of piperidine rings is 1. The summed E-state index contributed by atoms with van der Waals surface area (Å²) in [6.07, 6.45) is 0.744. The minimum absolute atomic E-state index is 0.0161. The van der Waals surface area contributed by atoms with Gasteiger partial charge in [-0.15, -0.1) is 0 Å². The number of carbonyl (C=O) groups is 1. The fourth-order valence-corrected chi connectivity index (χ4v) is 4.67. The average Bonchev–Trinajstić information content (AvgIpc) is 2.37. The Kier molecular flexibility index (Phi) is 4.44. The van der Waals surface area contributed by atoms with Crippen LogP contribution in [0.2, 0.25) is 0 Å². The zero-order valence-corrected chi connectivity index (χ0v) is 13.8. The molecule has 21 heavy (non-hydrogen) atoms. The van der Waals surface area contributed by atoms with Crippen molar-refractivity contribution in [1.29, 1.82) is 0 Å². The zero-order valence-electron chi connectivity index (χ0n) is 11.4. The number of hydrogen-bond acceptors (Lipinski definition) is 4. The lowest BCUT2D eigenvalue weighted by Crippen LogP contribution is -2.45. The van der Waals surface area contributed by atoms with E-state index in [4.69, 9.17) is 5.11 Å². The van der Waals surface area contributed by atoms with Gasteiger partial charge in [0.1, 0.15) is 0 Å². The normalized spacial score (nSPS) is 19.4. The summed E-state index contributed by atoms with van der Waals surface area (Å²) in [7, 11) is -3.70. The van der Waals surface area contributed by atoms with Crippen molar-refractivity contribution in [3.05, 3.63) is 28.2 Å². The van der Waals surface area contributed by atoms with Crippen molar-refractivity contribution in [2.75, 3.05) is 13.1 Å². The van der Waals surface area contributed by atoms with Gasteiger partial charge < -0.3 is 10.2 Å². The van der Waals surface area contributed by atoms with Crippen molar-refractivity contribution in [3.8, 4) is 0 Å². The molecule has 1 heterocycles. The first kappa shape index (κ1) is 16.4. The van der Waals surface area contributed by atoms with Gasteiger partial charge in [-0.2, -0.15) is 4.31 Å². The van der Waals surface area contributed by atoms with Crippen LogP contribution in [0.4, 0.5) is 0 Å². The second-order valence-electron chi connectivity index (χ2n) is 5.35. The van der Waals surface area contributed by atoms with E-state index in [-0.39, 0.29) is 28.0 Å². The fourth-order valence-electron chi connectivity index (χ4n) is 2.19. The lowest BCUT2D eigenvalue weighted by atomic mass is 9.95. The van der Waals surface area contributed by atoms with Crippen LogP contribution in [0.15, 0.2) is 27.6 Å². The van der Waals surface area contributed by atoms with Crippen LogP contribution in [0, 0.1) is 0 Å². The smallest absolute Gasteiger partial charge is 0.335 e. The molecule has 1 aromatic rings. The van der Waals surface area contributed by atoms with Gasteiger partial charge in [-0.3, -0.25) is 0 Å². The van der Waals surface area contributed by atoms with Crippen LogP contribution in [0.1, 0.15) is 30.1 Å². The Morgan fingerprint density at radius 3 is 2.38 bits per heavy atom. The molecule has 6 nitrogen and oxygen atoms in total. The van der Waals surface area contributed by atoms with E-state index >= 15 is 0 Å². The van der Waals surface area contributed by atoms with Crippen molar-refractivity contribution in [1.82, 2.24) is 4.31 Å². The molecule has 1 aromatic carbocycles. The lowest BCUT2D eigenvalue weighted by Gasteiger charge is -2.35. The molecule has 0 saturated carbocycles. The summed E-state index contributed by atoms with van der Waals surface area (Å²) in [6.45, 7) is 2.17. The molecule has 2 N–H and O–H groups in total. The maximum absolute atomic E-state index is 12.6. The van der Waals surface area contributed by atoms with Crippen LogP contribution in [0.25, 0.3) is 0 Å². The molecule has 1 aliphatic heterocycles. The Bertz CT molecular complexity index is 661. The number of benzene rings is 1. The SMILES string of the molecule is CC1(O)CCN(S(=O)(=O)c2ccc(C(=O)O)cc2Br)CC1. The first-order valence-electron chi connectivity index (χ1n) is 6.39. The standard InChI is InChI=1S/C13H16BrNO5S/c1-13(18)4-6-15(7-5-13)21(19,20)11-3-2-9(12(16)17)8-10(11)14/h2-3,8,18H,4-7H2,1H3,(H,16,17). The summed E-state index contributed by atoms with van der Waals surface area (Å²) in [5, 5.41) is 18.8. The summed E-state index contributed by atoms with van der Waals surface area (Å²) < 4.78 is 26.7. The van der Waals surface area contributed by atoms with Crippen LogP contribution in [-0.2, 0) is 10.0 Å². The molecule has 0 amide bonds. The molecule has 0 atom stereocenters. The molecular formula is C13H16BrNO5S. The summed E-state index contributed by atoms with van der Waals surface area (Å²) >= 11 is 3.12. The molecule has 0 spiro atoms. The number of hydrogen-bond donors (Lipinski definition) is 2. The predicted molar refractivity (Wildman–Crippen MR) is 79.7 cm³/mol. The van der Waals surface area contributed by atoms with Crippen LogP contribution in [0.3, 0.4) is 0 Å². The van der Waals surface area contributed by atoms with E-state index in [1.165, 1.54) is 22.5 Å². The Hall–Kier alpha value is -0.960. The van der Waals surface area contributed by atoms with E-state index in [0.29, 0.717) is 12.8 Å². The fraction of sp³-hybridized carbons (Fsp3) is 0.462. The Balaban J connectivity index is 2.30. The van der Waals surface area contributed by atoms with Crippen molar-refractivity contribution >= 4 is 31.9 Å². The lowest BCUT2D eigenvalue weighted by molar-refractivity contribution is 0.0126. The molecule has 1 fully saturated rings. The monoisotopic (exact) mass is 377 g/mol. The summed E-state index contributed by atoms with van der Waals surface area (Å²) in [5.74, 6) is -1.12. The molecule has 0 aliphatic carbocycles. The second-order valence-corrected chi connectivity index (χ2v) is 8.11. The summed E-state index contributed by atoms with van der Waals surface area (Å²) in [5.41, 5.74) is -0.821. The molecule has 8 heteroatoms. The topological polar surface area (TPSA) is 94.9 Å². The highest BCUT2D eigenvalue weighted by Gasteiger charge is 2.34. The van der Waals surface area contributed by atoms with Gasteiger partial charge >= 0.3 is 5.97 Å². The first-order valence-corrected chi connectivity index (χ1v) is 8.62. The molecule has 0 aromatic heterocycles. The van der Waals surface area contributed by atoms with Crippen LogP contribution < -0.4 is 0 Å². The van der Waals surface area contributed by atoms with Crippen molar-refractivity contribution < 1.29 is 23.4 Å². The third kappa shape index (κ3) is 3.45. The molecule has 0 unspecified atom stereocenters. The van der Waals surface area contributed by atoms with Crippen molar-refractivity contribution in [2.24, 2.45) is 0 Å². The highest BCUT2D eigenvalue weighted by atomic mass is 79.9. The number of halogens is 1. The van der Waals surface area contributed by atoms with Gasteiger partial charge in [-0.25, -0.2) is 13.2 Å². The highest BCUT2D eigenvalue weighted by Crippen LogP contribution is 2.30. The van der Waals surface area contributed by atoms with E-state index in [2.05, 4.69) is 15.9 Å². The average molecular weight is 378 g/mol. The van der Waals surface area contributed by atoms with Gasteiger partial charge in [-0.05, 0) is 53.9 Å².